The summed E-state index contributed by atoms with van der Waals surface area (Å²) in [5.41, 5.74) is 2.86. The molecule has 1 aromatic heterocycles. The van der Waals surface area contributed by atoms with Crippen LogP contribution in [0, 0.1) is 0 Å². The zero-order valence-electron chi connectivity index (χ0n) is 21.5. The number of para-hydroxylation sites is 1. The lowest BCUT2D eigenvalue weighted by molar-refractivity contribution is -0.730. The third kappa shape index (κ3) is 4.17. The Morgan fingerprint density at radius 3 is 1.86 bits per heavy atom. The van der Waals surface area contributed by atoms with Crippen molar-refractivity contribution in [3.05, 3.63) is 114 Å². The minimum Gasteiger partial charge on any atom is -0.400 e. The molecule has 0 aliphatic carbocycles. The number of fused-ring (bicyclic) bond motifs is 1. The van der Waals surface area contributed by atoms with Crippen molar-refractivity contribution in [1.29, 1.82) is 0 Å². The first-order valence-corrected chi connectivity index (χ1v) is 15.5. The summed E-state index contributed by atoms with van der Waals surface area (Å²) < 4.78 is 12.0. The zero-order chi connectivity index (χ0) is 24.7. The SMILES string of the molecule is CC(C)(C)[Si](C)(C)OC(c1ccccc1)(c1ccccc1)C1CCc2nn(-c3ccccc3)c[n+]21. The third-order valence-corrected chi connectivity index (χ3v) is 12.3. The monoisotopic (exact) mass is 482 g/mol. The Morgan fingerprint density at radius 1 is 0.829 bits per heavy atom. The Labute approximate surface area is 210 Å². The van der Waals surface area contributed by atoms with Crippen molar-refractivity contribution in [3.63, 3.8) is 0 Å². The minimum atomic E-state index is -2.19. The van der Waals surface area contributed by atoms with Gasteiger partial charge < -0.3 is 4.43 Å². The van der Waals surface area contributed by atoms with Gasteiger partial charge in [0, 0.05) is 11.5 Å². The van der Waals surface area contributed by atoms with Gasteiger partial charge in [-0.25, -0.2) is 4.57 Å². The van der Waals surface area contributed by atoms with Crippen LogP contribution in [0.4, 0.5) is 0 Å². The van der Waals surface area contributed by atoms with Gasteiger partial charge in [-0.15, -0.1) is 0 Å². The van der Waals surface area contributed by atoms with Crippen molar-refractivity contribution in [2.75, 3.05) is 0 Å². The third-order valence-electron chi connectivity index (χ3n) is 7.85. The number of nitrogens with zero attached hydrogens (tertiary/aromatic N) is 3. The van der Waals surface area contributed by atoms with Gasteiger partial charge >= 0.3 is 0 Å². The Kier molecular flexibility index (Phi) is 6.02. The van der Waals surface area contributed by atoms with E-state index < -0.39 is 13.9 Å². The molecule has 4 aromatic rings. The second-order valence-corrected chi connectivity index (χ2v) is 15.8. The zero-order valence-corrected chi connectivity index (χ0v) is 22.5. The standard InChI is InChI=1S/C30H36N3OSi/c1-29(2,3)35(4,5)34-30(24-15-9-6-10-16-24,25-17-11-7-12-18-25)27-21-22-28-31-33(23-32(27)28)26-19-13-8-14-20-26/h6-20,23,27H,21-22H2,1-5H3/q+1. The van der Waals surface area contributed by atoms with Crippen molar-refractivity contribution in [2.24, 2.45) is 0 Å². The van der Waals surface area contributed by atoms with Gasteiger partial charge in [-0.05, 0) is 47.8 Å². The first-order valence-electron chi connectivity index (χ1n) is 12.6. The molecule has 5 heteroatoms. The van der Waals surface area contributed by atoms with E-state index in [1.54, 1.807) is 0 Å². The number of rotatable bonds is 6. The van der Waals surface area contributed by atoms with Crippen LogP contribution in [-0.4, -0.2) is 18.1 Å². The number of benzene rings is 3. The normalized spacial score (nSPS) is 16.3. The largest absolute Gasteiger partial charge is 0.400 e. The van der Waals surface area contributed by atoms with Crippen LogP contribution in [0.25, 0.3) is 5.69 Å². The molecule has 1 aliphatic heterocycles. The van der Waals surface area contributed by atoms with Crippen LogP contribution in [0.1, 0.15) is 50.2 Å². The van der Waals surface area contributed by atoms with E-state index in [0.29, 0.717) is 0 Å². The van der Waals surface area contributed by atoms with Gasteiger partial charge in [0.25, 0.3) is 5.82 Å². The summed E-state index contributed by atoms with van der Waals surface area (Å²) >= 11 is 0. The van der Waals surface area contributed by atoms with Crippen LogP contribution in [0.5, 0.6) is 0 Å². The molecule has 3 aromatic carbocycles. The lowest BCUT2D eigenvalue weighted by atomic mass is 9.79. The summed E-state index contributed by atoms with van der Waals surface area (Å²) in [6.45, 7) is 11.7. The lowest BCUT2D eigenvalue weighted by Crippen LogP contribution is -2.57. The summed E-state index contributed by atoms with van der Waals surface area (Å²) in [5.74, 6) is 1.11. The van der Waals surface area contributed by atoms with Crippen LogP contribution in [0.15, 0.2) is 97.3 Å². The highest BCUT2D eigenvalue weighted by atomic mass is 28.4. The van der Waals surface area contributed by atoms with E-state index in [-0.39, 0.29) is 11.1 Å². The Bertz CT molecular complexity index is 1240. The number of aryl methyl sites for hydroxylation is 1. The Morgan fingerprint density at radius 2 is 1.34 bits per heavy atom. The van der Waals surface area contributed by atoms with E-state index >= 15 is 0 Å². The number of hydrogen-bond acceptors (Lipinski definition) is 2. The van der Waals surface area contributed by atoms with Crippen molar-refractivity contribution in [1.82, 2.24) is 9.78 Å². The summed E-state index contributed by atoms with van der Waals surface area (Å²) in [7, 11) is -2.19. The number of hydrogen-bond donors (Lipinski definition) is 0. The highest BCUT2D eigenvalue weighted by Crippen LogP contribution is 2.50. The molecule has 0 radical (unpaired) electrons. The van der Waals surface area contributed by atoms with E-state index in [4.69, 9.17) is 9.52 Å². The van der Waals surface area contributed by atoms with E-state index in [0.717, 1.165) is 24.4 Å². The predicted octanol–water partition coefficient (Wildman–Crippen LogP) is 6.61. The molecule has 0 N–H and O–H groups in total. The molecule has 5 rings (SSSR count). The quantitative estimate of drug-likeness (QED) is 0.229. The first-order chi connectivity index (χ1) is 16.7. The molecule has 1 aliphatic rings. The van der Waals surface area contributed by atoms with Crippen molar-refractivity contribution < 1.29 is 8.99 Å². The molecular formula is C30H36N3OSi+. The predicted molar refractivity (Wildman–Crippen MR) is 143 cm³/mol. The highest BCUT2D eigenvalue weighted by molar-refractivity contribution is 6.74. The second kappa shape index (κ2) is 8.88. The van der Waals surface area contributed by atoms with Gasteiger partial charge in [0.05, 0.1) is 0 Å². The smallest absolute Gasteiger partial charge is 0.278 e. The fourth-order valence-electron chi connectivity index (χ4n) is 5.00. The summed E-state index contributed by atoms with van der Waals surface area (Å²) in [4.78, 5) is 0. The second-order valence-electron chi connectivity index (χ2n) is 11.1. The van der Waals surface area contributed by atoms with Crippen LogP contribution in [0.3, 0.4) is 0 Å². The minimum absolute atomic E-state index is 0.0716. The molecule has 0 saturated heterocycles. The summed E-state index contributed by atoms with van der Waals surface area (Å²) in [6.07, 6.45) is 4.07. The van der Waals surface area contributed by atoms with Crippen LogP contribution in [-0.2, 0) is 16.4 Å². The molecule has 1 atom stereocenters. The maximum absolute atomic E-state index is 7.60. The van der Waals surface area contributed by atoms with Gasteiger partial charge in [0.1, 0.15) is 17.3 Å². The maximum Gasteiger partial charge on any atom is 0.278 e. The van der Waals surface area contributed by atoms with Gasteiger partial charge in [-0.2, -0.15) is 0 Å². The molecule has 35 heavy (non-hydrogen) atoms. The van der Waals surface area contributed by atoms with Crippen LogP contribution < -0.4 is 4.57 Å². The topological polar surface area (TPSA) is 30.9 Å². The fraction of sp³-hybridized carbons (Fsp3) is 0.333. The van der Waals surface area contributed by atoms with Crippen molar-refractivity contribution in [3.8, 4) is 5.69 Å². The van der Waals surface area contributed by atoms with Crippen molar-refractivity contribution in [2.45, 2.75) is 63.4 Å². The highest BCUT2D eigenvalue weighted by Gasteiger charge is 2.55. The average molecular weight is 483 g/mol. The summed E-state index contributed by atoms with van der Waals surface area (Å²) in [6, 6.07) is 32.1. The van der Waals surface area contributed by atoms with Crippen LogP contribution >= 0.6 is 0 Å². The molecule has 0 bridgehead atoms. The molecule has 0 saturated carbocycles. The molecular weight excluding hydrogens is 446 g/mol. The first kappa shape index (κ1) is 23.7. The Hall–Kier alpha value is -3.02. The van der Waals surface area contributed by atoms with E-state index in [9.17, 15) is 0 Å². The van der Waals surface area contributed by atoms with Gasteiger partial charge in [0.2, 0.25) is 6.33 Å². The van der Waals surface area contributed by atoms with E-state index in [2.05, 4.69) is 130 Å². The van der Waals surface area contributed by atoms with Crippen molar-refractivity contribution >= 4 is 8.32 Å². The van der Waals surface area contributed by atoms with Crippen LogP contribution in [0.2, 0.25) is 18.1 Å². The molecule has 1 unspecified atom stereocenters. The molecule has 4 nitrogen and oxygen atoms in total. The fourth-order valence-corrected chi connectivity index (χ4v) is 6.48. The molecule has 0 fully saturated rings. The molecule has 180 valence electrons. The van der Waals surface area contributed by atoms with E-state index in [1.807, 2.05) is 10.7 Å². The number of aromatic nitrogens is 3. The van der Waals surface area contributed by atoms with Gasteiger partial charge in [0.15, 0.2) is 8.32 Å². The van der Waals surface area contributed by atoms with Gasteiger partial charge in [-0.3, -0.25) is 0 Å². The molecule has 0 amide bonds. The average Bonchev–Trinajstić information content (AvgIpc) is 3.45. The maximum atomic E-state index is 7.60. The summed E-state index contributed by atoms with van der Waals surface area (Å²) in [5, 5.41) is 5.06. The van der Waals surface area contributed by atoms with E-state index in [1.165, 1.54) is 11.1 Å². The van der Waals surface area contributed by atoms with Gasteiger partial charge in [-0.1, -0.05) is 104 Å². The Balaban J connectivity index is 1.73. The molecule has 0 spiro atoms. The molecule has 2 heterocycles. The lowest BCUT2D eigenvalue weighted by Gasteiger charge is -2.48.